The maximum Gasteiger partial charge on any atom is 0.168 e. The highest BCUT2D eigenvalue weighted by Gasteiger charge is 2.28. The number of fused-ring (bicyclic) bond motifs is 2. The molecule has 2 aliphatic heterocycles. The lowest BCUT2D eigenvalue weighted by Gasteiger charge is -2.15. The quantitative estimate of drug-likeness (QED) is 0.781. The molecule has 18 heavy (non-hydrogen) atoms. The van der Waals surface area contributed by atoms with E-state index in [1.807, 2.05) is 0 Å². The van der Waals surface area contributed by atoms with Gasteiger partial charge in [0.05, 0.1) is 12.2 Å². The van der Waals surface area contributed by atoms with Crippen molar-refractivity contribution in [3.63, 3.8) is 0 Å². The number of rotatable bonds is 1. The first-order valence-corrected chi connectivity index (χ1v) is 6.96. The Morgan fingerprint density at radius 1 is 1.28 bits per heavy atom. The summed E-state index contributed by atoms with van der Waals surface area (Å²) in [6, 6.07) is 8.56. The molecule has 4 heteroatoms. The third-order valence-corrected chi connectivity index (χ3v) is 4.44. The fourth-order valence-corrected chi connectivity index (χ4v) is 3.63. The molecule has 0 atom stereocenters. The molecule has 2 aromatic rings. The molecule has 0 fully saturated rings. The summed E-state index contributed by atoms with van der Waals surface area (Å²) in [6.07, 6.45) is 2.22. The Morgan fingerprint density at radius 2 is 2.17 bits per heavy atom. The number of aliphatic imine (C=N–C) groups is 1. The largest absolute Gasteiger partial charge is 0.350 e. The molecule has 0 saturated carbocycles. The fourth-order valence-electron chi connectivity index (χ4n) is 2.68. The van der Waals surface area contributed by atoms with E-state index in [4.69, 9.17) is 0 Å². The van der Waals surface area contributed by atoms with Crippen LogP contribution in [0.25, 0.3) is 16.6 Å². The summed E-state index contributed by atoms with van der Waals surface area (Å²) in [4.78, 5) is 6.83. The van der Waals surface area contributed by atoms with Gasteiger partial charge in [0.25, 0.3) is 0 Å². The van der Waals surface area contributed by atoms with Crippen LogP contribution in [0.4, 0.5) is 0 Å². The van der Waals surface area contributed by atoms with E-state index in [1.54, 1.807) is 11.8 Å². The van der Waals surface area contributed by atoms with Crippen LogP contribution in [-0.2, 0) is 7.05 Å². The molecule has 0 bridgehead atoms. The van der Waals surface area contributed by atoms with E-state index in [-0.39, 0.29) is 0 Å². The monoisotopic (exact) mass is 255 g/mol. The zero-order valence-electron chi connectivity index (χ0n) is 10.1. The second-order valence-electron chi connectivity index (χ2n) is 4.61. The maximum atomic E-state index is 4.51. The predicted octanol–water partition coefficient (Wildman–Crippen LogP) is 2.90. The SMILES string of the molecule is Cn1cc(C2=CSC3=NCCN23)c2ccccc21. The molecule has 0 saturated heterocycles. The van der Waals surface area contributed by atoms with Crippen molar-refractivity contribution >= 4 is 33.5 Å². The first kappa shape index (κ1) is 10.3. The van der Waals surface area contributed by atoms with Crippen LogP contribution in [0.3, 0.4) is 0 Å². The molecular weight excluding hydrogens is 242 g/mol. The van der Waals surface area contributed by atoms with Gasteiger partial charge in [0, 0.05) is 41.7 Å². The van der Waals surface area contributed by atoms with Crippen LogP contribution in [0.2, 0.25) is 0 Å². The lowest BCUT2D eigenvalue weighted by Crippen LogP contribution is -2.19. The van der Waals surface area contributed by atoms with Crippen molar-refractivity contribution in [1.82, 2.24) is 9.47 Å². The summed E-state index contributed by atoms with van der Waals surface area (Å²) in [7, 11) is 2.10. The van der Waals surface area contributed by atoms with Crippen LogP contribution in [0.1, 0.15) is 5.56 Å². The molecule has 0 spiro atoms. The van der Waals surface area contributed by atoms with Crippen LogP contribution >= 0.6 is 11.8 Å². The summed E-state index contributed by atoms with van der Waals surface area (Å²) < 4.78 is 2.20. The number of thioether (sulfide) groups is 1. The van der Waals surface area contributed by atoms with Gasteiger partial charge in [-0.15, -0.1) is 0 Å². The Morgan fingerprint density at radius 3 is 3.11 bits per heavy atom. The van der Waals surface area contributed by atoms with Crippen LogP contribution in [0, 0.1) is 0 Å². The van der Waals surface area contributed by atoms with Crippen molar-refractivity contribution in [2.24, 2.45) is 12.0 Å². The van der Waals surface area contributed by atoms with Gasteiger partial charge >= 0.3 is 0 Å². The second-order valence-corrected chi connectivity index (χ2v) is 5.44. The standard InChI is InChI=1S/C14H13N3S/c1-16-8-11(10-4-2-3-5-12(10)16)13-9-18-14-15-6-7-17(13)14/h2-5,8-9H,6-7H2,1H3. The highest BCUT2D eigenvalue weighted by molar-refractivity contribution is 8.16. The van der Waals surface area contributed by atoms with Crippen molar-refractivity contribution in [2.45, 2.75) is 0 Å². The Bertz CT molecular complexity index is 696. The minimum absolute atomic E-state index is 0.921. The molecule has 3 nitrogen and oxygen atoms in total. The first-order chi connectivity index (χ1) is 8.84. The van der Waals surface area contributed by atoms with Gasteiger partial charge in [-0.2, -0.15) is 0 Å². The zero-order chi connectivity index (χ0) is 12.1. The summed E-state index contributed by atoms with van der Waals surface area (Å²) in [5.41, 5.74) is 3.89. The average Bonchev–Trinajstić information content (AvgIpc) is 3.04. The Hall–Kier alpha value is -1.68. The molecular formula is C14H13N3S. The van der Waals surface area contributed by atoms with Gasteiger partial charge in [-0.05, 0) is 6.07 Å². The normalized spacial score (nSPS) is 18.2. The summed E-state index contributed by atoms with van der Waals surface area (Å²) in [5.74, 6) is 0. The number of hydrogen-bond acceptors (Lipinski definition) is 3. The van der Waals surface area contributed by atoms with Crippen molar-refractivity contribution < 1.29 is 0 Å². The minimum atomic E-state index is 0.921. The second kappa shape index (κ2) is 3.65. The molecule has 1 aromatic carbocycles. The summed E-state index contributed by atoms with van der Waals surface area (Å²) >= 11 is 1.74. The molecule has 90 valence electrons. The Balaban J connectivity index is 1.91. The number of nitrogens with zero attached hydrogens (tertiary/aromatic N) is 3. The number of hydrogen-bond donors (Lipinski definition) is 0. The van der Waals surface area contributed by atoms with Gasteiger partial charge in [-0.25, -0.2) is 0 Å². The van der Waals surface area contributed by atoms with Crippen molar-refractivity contribution in [3.8, 4) is 0 Å². The number of aryl methyl sites for hydroxylation is 1. The molecule has 0 aliphatic carbocycles. The van der Waals surface area contributed by atoms with E-state index in [9.17, 15) is 0 Å². The first-order valence-electron chi connectivity index (χ1n) is 6.08. The van der Waals surface area contributed by atoms with Gasteiger partial charge in [-0.1, -0.05) is 30.0 Å². The number of amidine groups is 1. The molecule has 0 amide bonds. The third kappa shape index (κ3) is 1.29. The smallest absolute Gasteiger partial charge is 0.168 e. The fraction of sp³-hybridized carbons (Fsp3) is 0.214. The van der Waals surface area contributed by atoms with E-state index >= 15 is 0 Å². The van der Waals surface area contributed by atoms with Crippen molar-refractivity contribution in [1.29, 1.82) is 0 Å². The molecule has 0 radical (unpaired) electrons. The van der Waals surface area contributed by atoms with Crippen LogP contribution < -0.4 is 0 Å². The van der Waals surface area contributed by atoms with Gasteiger partial charge in [0.1, 0.15) is 0 Å². The van der Waals surface area contributed by atoms with Crippen LogP contribution in [0.15, 0.2) is 40.9 Å². The molecule has 0 N–H and O–H groups in total. The third-order valence-electron chi connectivity index (χ3n) is 3.54. The van der Waals surface area contributed by atoms with Crippen molar-refractivity contribution in [3.05, 3.63) is 41.4 Å². The van der Waals surface area contributed by atoms with Crippen LogP contribution in [0.5, 0.6) is 0 Å². The maximum absolute atomic E-state index is 4.51. The molecule has 1 aromatic heterocycles. The predicted molar refractivity (Wildman–Crippen MR) is 77.5 cm³/mol. The van der Waals surface area contributed by atoms with Gasteiger partial charge < -0.3 is 9.47 Å². The topological polar surface area (TPSA) is 20.5 Å². The number of aromatic nitrogens is 1. The Kier molecular flexibility index (Phi) is 2.08. The van der Waals surface area contributed by atoms with E-state index in [1.165, 1.54) is 22.2 Å². The van der Waals surface area contributed by atoms with Crippen LogP contribution in [-0.4, -0.2) is 27.7 Å². The molecule has 4 rings (SSSR count). The molecule has 3 heterocycles. The number of benzene rings is 1. The number of para-hydroxylation sites is 1. The van der Waals surface area contributed by atoms with Gasteiger partial charge in [0.15, 0.2) is 5.17 Å². The van der Waals surface area contributed by atoms with E-state index in [2.05, 4.69) is 57.4 Å². The van der Waals surface area contributed by atoms with Crippen molar-refractivity contribution in [2.75, 3.05) is 13.1 Å². The van der Waals surface area contributed by atoms with E-state index in [0.29, 0.717) is 0 Å². The molecule has 2 aliphatic rings. The van der Waals surface area contributed by atoms with E-state index in [0.717, 1.165) is 18.3 Å². The lowest BCUT2D eigenvalue weighted by molar-refractivity contribution is 0.650. The zero-order valence-corrected chi connectivity index (χ0v) is 10.9. The highest BCUT2D eigenvalue weighted by atomic mass is 32.2. The summed E-state index contributed by atoms with van der Waals surface area (Å²) in [6.45, 7) is 1.93. The summed E-state index contributed by atoms with van der Waals surface area (Å²) in [5, 5.41) is 4.69. The average molecular weight is 255 g/mol. The highest BCUT2D eigenvalue weighted by Crippen LogP contribution is 2.38. The van der Waals surface area contributed by atoms with Gasteiger partial charge in [0.2, 0.25) is 0 Å². The lowest BCUT2D eigenvalue weighted by atomic mass is 10.1. The Labute approximate surface area is 110 Å². The van der Waals surface area contributed by atoms with Gasteiger partial charge in [-0.3, -0.25) is 4.99 Å². The minimum Gasteiger partial charge on any atom is -0.350 e. The van der Waals surface area contributed by atoms with E-state index < -0.39 is 0 Å². The molecule has 0 unspecified atom stereocenters.